The van der Waals surface area contributed by atoms with Crippen LogP contribution in [0.3, 0.4) is 0 Å². The van der Waals surface area contributed by atoms with Crippen LogP contribution in [-0.2, 0) is 0 Å². The van der Waals surface area contributed by atoms with Crippen molar-refractivity contribution in [3.8, 4) is 0 Å². The van der Waals surface area contributed by atoms with Gasteiger partial charge < -0.3 is 0 Å². The molecule has 0 N–H and O–H groups in total. The summed E-state index contributed by atoms with van der Waals surface area (Å²) >= 11 is 4.27. The maximum absolute atomic E-state index is 12.7. The van der Waals surface area contributed by atoms with Crippen LogP contribution in [0.15, 0.2) is 23.2 Å². The molecule has 0 aliphatic rings. The van der Waals surface area contributed by atoms with Gasteiger partial charge in [-0.3, -0.25) is 4.79 Å². The summed E-state index contributed by atoms with van der Waals surface area (Å²) in [4.78, 5) is 14.4. The van der Waals surface area contributed by atoms with Crippen molar-refractivity contribution in [2.75, 3.05) is 0 Å². The molecule has 0 aliphatic heterocycles. The molecule has 1 rings (SSSR count). The van der Waals surface area contributed by atoms with E-state index in [4.69, 9.17) is 0 Å². The summed E-state index contributed by atoms with van der Waals surface area (Å²) in [6, 6.07) is 3.93. The van der Waals surface area contributed by atoms with E-state index in [-0.39, 0.29) is 5.56 Å². The molecule has 0 unspecified atom stereocenters. The number of carbonyl (C=O) groups is 1. The van der Waals surface area contributed by atoms with E-state index in [0.29, 0.717) is 5.56 Å². The van der Waals surface area contributed by atoms with Gasteiger partial charge in [-0.2, -0.15) is 4.99 Å². The number of benzene rings is 1. The van der Waals surface area contributed by atoms with Crippen molar-refractivity contribution in [2.24, 2.45) is 4.99 Å². The number of thiocarbonyl (C=S) groups is 1. The van der Waals surface area contributed by atoms with Crippen molar-refractivity contribution >= 4 is 23.3 Å². The summed E-state index contributed by atoms with van der Waals surface area (Å²) in [6.07, 6.45) is 0. The fraction of sp³-hybridized carbons (Fsp3) is 0.111. The molecular weight excluding hydrogens is 189 g/mol. The zero-order valence-electron chi connectivity index (χ0n) is 6.87. The van der Waals surface area contributed by atoms with Crippen LogP contribution < -0.4 is 0 Å². The molecule has 0 saturated carbocycles. The number of halogens is 1. The average molecular weight is 195 g/mol. The molecule has 1 amide bonds. The molecule has 0 spiro atoms. The first-order valence-electron chi connectivity index (χ1n) is 3.53. The van der Waals surface area contributed by atoms with Gasteiger partial charge in [0.25, 0.3) is 5.91 Å². The quantitative estimate of drug-likeness (QED) is 0.508. The Hall–Kier alpha value is -1.38. The molecule has 0 aromatic heterocycles. The number of aryl methyl sites for hydroxylation is 1. The summed E-state index contributed by atoms with van der Waals surface area (Å²) in [5.41, 5.74) is 0.887. The molecule has 66 valence electrons. The highest BCUT2D eigenvalue weighted by Crippen LogP contribution is 2.10. The van der Waals surface area contributed by atoms with E-state index in [0.717, 1.165) is 6.07 Å². The van der Waals surface area contributed by atoms with Crippen LogP contribution in [0.5, 0.6) is 0 Å². The molecule has 0 aliphatic carbocycles. The minimum atomic E-state index is -0.563. The number of hydrogen-bond donors (Lipinski definition) is 0. The smallest absolute Gasteiger partial charge is 0.266 e. The van der Waals surface area contributed by atoms with Crippen molar-refractivity contribution in [1.82, 2.24) is 0 Å². The van der Waals surface area contributed by atoms with Crippen molar-refractivity contribution in [3.63, 3.8) is 0 Å². The normalized spacial score (nSPS) is 9.08. The van der Waals surface area contributed by atoms with Crippen molar-refractivity contribution in [2.45, 2.75) is 6.92 Å². The molecule has 0 fully saturated rings. The topological polar surface area (TPSA) is 29.4 Å². The van der Waals surface area contributed by atoms with Gasteiger partial charge in [0, 0.05) is 5.56 Å². The van der Waals surface area contributed by atoms with E-state index < -0.39 is 11.7 Å². The molecule has 0 saturated heterocycles. The van der Waals surface area contributed by atoms with E-state index in [2.05, 4.69) is 17.2 Å². The first-order chi connectivity index (χ1) is 6.15. The Balaban J connectivity index is 3.20. The molecule has 1 aromatic carbocycles. The minimum Gasteiger partial charge on any atom is -0.266 e. The van der Waals surface area contributed by atoms with Crippen LogP contribution in [-0.4, -0.2) is 11.1 Å². The summed E-state index contributed by atoms with van der Waals surface area (Å²) in [6.45, 7) is 1.70. The monoisotopic (exact) mass is 195 g/mol. The van der Waals surface area contributed by atoms with Crippen LogP contribution in [0.4, 0.5) is 4.39 Å². The second-order valence-electron chi connectivity index (χ2n) is 2.47. The summed E-state index contributed by atoms with van der Waals surface area (Å²) < 4.78 is 12.7. The van der Waals surface area contributed by atoms with Crippen LogP contribution in [0, 0.1) is 12.7 Å². The Labute approximate surface area is 80.1 Å². The molecular formula is C9H6FNOS. The van der Waals surface area contributed by atoms with Gasteiger partial charge >= 0.3 is 0 Å². The lowest BCUT2D eigenvalue weighted by Crippen LogP contribution is -1.98. The SMILES string of the molecule is Cc1ccc(F)cc1C(=O)N=C=S. The second-order valence-corrected chi connectivity index (χ2v) is 2.65. The van der Waals surface area contributed by atoms with Crippen molar-refractivity contribution in [1.29, 1.82) is 0 Å². The predicted octanol–water partition coefficient (Wildman–Crippen LogP) is 2.38. The van der Waals surface area contributed by atoms with E-state index >= 15 is 0 Å². The van der Waals surface area contributed by atoms with E-state index in [1.165, 1.54) is 12.1 Å². The number of isothiocyanates is 1. The fourth-order valence-corrected chi connectivity index (χ4v) is 1.01. The van der Waals surface area contributed by atoms with Gasteiger partial charge in [0.15, 0.2) is 0 Å². The van der Waals surface area contributed by atoms with Crippen LogP contribution in [0.1, 0.15) is 15.9 Å². The molecule has 0 bridgehead atoms. The van der Waals surface area contributed by atoms with Gasteiger partial charge in [-0.05, 0) is 36.8 Å². The van der Waals surface area contributed by atoms with Gasteiger partial charge in [0.05, 0.1) is 5.16 Å². The highest BCUT2D eigenvalue weighted by molar-refractivity contribution is 7.78. The maximum atomic E-state index is 12.7. The van der Waals surface area contributed by atoms with Gasteiger partial charge in [0.2, 0.25) is 0 Å². The third kappa shape index (κ3) is 2.28. The Kier molecular flexibility index (Phi) is 3.01. The van der Waals surface area contributed by atoms with Gasteiger partial charge in [-0.15, -0.1) is 0 Å². The lowest BCUT2D eigenvalue weighted by molar-refractivity contribution is 0.100. The molecule has 1 aromatic rings. The number of amides is 1. The summed E-state index contributed by atoms with van der Waals surface area (Å²) in [5, 5.41) is 1.95. The Morgan fingerprint density at radius 3 is 2.92 bits per heavy atom. The molecule has 0 heterocycles. The number of carbonyl (C=O) groups excluding carboxylic acids is 1. The molecule has 0 radical (unpaired) electrons. The molecule has 4 heteroatoms. The molecule has 2 nitrogen and oxygen atoms in total. The average Bonchev–Trinajstić information content (AvgIpc) is 2.09. The highest BCUT2D eigenvalue weighted by atomic mass is 32.1. The number of hydrogen-bond acceptors (Lipinski definition) is 2. The van der Waals surface area contributed by atoms with E-state index in [1.807, 2.05) is 5.16 Å². The van der Waals surface area contributed by atoms with Crippen LogP contribution >= 0.6 is 12.2 Å². The minimum absolute atomic E-state index is 0.220. The lowest BCUT2D eigenvalue weighted by Gasteiger charge is -1.99. The number of rotatable bonds is 1. The van der Waals surface area contributed by atoms with E-state index in [9.17, 15) is 9.18 Å². The second kappa shape index (κ2) is 4.03. The number of aliphatic imine (C=N–C) groups is 1. The predicted molar refractivity (Wildman–Crippen MR) is 50.5 cm³/mol. The van der Waals surface area contributed by atoms with Crippen LogP contribution in [0.25, 0.3) is 0 Å². The third-order valence-corrected chi connectivity index (χ3v) is 1.67. The summed E-state index contributed by atoms with van der Waals surface area (Å²) in [5.74, 6) is -1.03. The van der Waals surface area contributed by atoms with Crippen molar-refractivity contribution in [3.05, 3.63) is 35.1 Å². The zero-order valence-corrected chi connectivity index (χ0v) is 7.69. The Bertz CT molecular complexity index is 397. The van der Waals surface area contributed by atoms with Gasteiger partial charge in [-0.1, -0.05) is 6.07 Å². The molecule has 0 atom stereocenters. The van der Waals surface area contributed by atoms with Crippen molar-refractivity contribution < 1.29 is 9.18 Å². The first kappa shape index (κ1) is 9.71. The summed E-state index contributed by atoms with van der Waals surface area (Å²) in [7, 11) is 0. The molecule has 13 heavy (non-hydrogen) atoms. The highest BCUT2D eigenvalue weighted by Gasteiger charge is 2.07. The van der Waals surface area contributed by atoms with Crippen LogP contribution in [0.2, 0.25) is 0 Å². The number of nitrogens with zero attached hydrogens (tertiary/aromatic N) is 1. The van der Waals surface area contributed by atoms with Gasteiger partial charge in [-0.25, -0.2) is 4.39 Å². The standard InChI is InChI=1S/C9H6FNOS/c1-6-2-3-7(10)4-8(6)9(12)11-5-13/h2-4H,1H3. The zero-order chi connectivity index (χ0) is 9.84. The van der Waals surface area contributed by atoms with E-state index in [1.54, 1.807) is 6.92 Å². The Morgan fingerprint density at radius 2 is 2.31 bits per heavy atom. The van der Waals surface area contributed by atoms with Gasteiger partial charge in [0.1, 0.15) is 5.82 Å². The fourth-order valence-electron chi connectivity index (χ4n) is 0.926. The Morgan fingerprint density at radius 1 is 1.62 bits per heavy atom. The maximum Gasteiger partial charge on any atom is 0.286 e. The lowest BCUT2D eigenvalue weighted by atomic mass is 10.1. The largest absolute Gasteiger partial charge is 0.286 e. The third-order valence-electron chi connectivity index (χ3n) is 1.58. The first-order valence-corrected chi connectivity index (χ1v) is 3.94.